The number of carbonyl (C=O) groups is 3. The van der Waals surface area contributed by atoms with Crippen LogP contribution in [-0.2, 0) is 65.2 Å². The van der Waals surface area contributed by atoms with Crippen molar-refractivity contribution >= 4 is 17.9 Å². The highest BCUT2D eigenvalue weighted by Gasteiger charge is 2.46. The second-order valence-electron chi connectivity index (χ2n) is 12.7. The molecule has 0 aromatic heterocycles. The van der Waals surface area contributed by atoms with Gasteiger partial charge in [0.25, 0.3) is 0 Å². The largest absolute Gasteiger partial charge is 0.426 e. The first-order valence-corrected chi connectivity index (χ1v) is 15.7. The van der Waals surface area contributed by atoms with Crippen LogP contribution in [0.3, 0.4) is 0 Å². The maximum absolute atomic E-state index is 13.8. The molecule has 0 saturated carbocycles. The normalized spacial score (nSPS) is 12.4. The van der Waals surface area contributed by atoms with Crippen LogP contribution in [0.1, 0.15) is 71.1 Å². The van der Waals surface area contributed by atoms with Crippen molar-refractivity contribution in [1.29, 1.82) is 0 Å². The van der Waals surface area contributed by atoms with Crippen molar-refractivity contribution in [1.82, 2.24) is 0 Å². The van der Waals surface area contributed by atoms with Gasteiger partial charge in [0.2, 0.25) is 0 Å². The number of rotatable bonds is 18. The molecule has 272 valence electrons. The minimum atomic E-state index is -2.13. The van der Waals surface area contributed by atoms with E-state index < -0.39 is 53.2 Å². The summed E-state index contributed by atoms with van der Waals surface area (Å²) in [6.07, 6.45) is -1.38. The third kappa shape index (κ3) is 10.6. The highest BCUT2D eigenvalue weighted by molar-refractivity contribution is 5.92. The van der Waals surface area contributed by atoms with E-state index in [1.165, 1.54) is 40.6 Å². The van der Waals surface area contributed by atoms with Crippen LogP contribution in [-0.4, -0.2) is 51.9 Å². The van der Waals surface area contributed by atoms with Crippen LogP contribution in [0, 0.1) is 0 Å². The molecule has 0 N–H and O–H groups in total. The first kappa shape index (κ1) is 40.2. The fourth-order valence-corrected chi connectivity index (χ4v) is 4.98. The summed E-state index contributed by atoms with van der Waals surface area (Å²) < 4.78 is 22.3. The van der Waals surface area contributed by atoms with Crippen LogP contribution in [0.15, 0.2) is 72.8 Å². The van der Waals surface area contributed by atoms with E-state index in [0.29, 0.717) is 0 Å². The fourth-order valence-electron chi connectivity index (χ4n) is 4.98. The minimum Gasteiger partial charge on any atom is -0.426 e. The molecule has 0 radical (unpaired) electrons. The second kappa shape index (κ2) is 17.1. The summed E-state index contributed by atoms with van der Waals surface area (Å²) in [6, 6.07) is 19.5. The average Bonchev–Trinajstić information content (AvgIpc) is 3.05. The van der Waals surface area contributed by atoms with Gasteiger partial charge in [-0.1, -0.05) is 36.4 Å². The van der Waals surface area contributed by atoms with E-state index in [1.807, 2.05) is 27.7 Å². The Morgan fingerprint density at radius 1 is 0.460 bits per heavy atom. The summed E-state index contributed by atoms with van der Waals surface area (Å²) in [5.74, 6) is -2.25. The zero-order valence-electron chi connectivity index (χ0n) is 30.1. The molecule has 13 heteroatoms. The van der Waals surface area contributed by atoms with Crippen LogP contribution in [0.25, 0.3) is 0 Å². The van der Waals surface area contributed by atoms with E-state index in [0.717, 1.165) is 16.7 Å². The predicted molar refractivity (Wildman–Crippen MR) is 179 cm³/mol. The van der Waals surface area contributed by atoms with Crippen molar-refractivity contribution in [2.45, 2.75) is 76.8 Å². The van der Waals surface area contributed by atoms with Gasteiger partial charge in [-0.3, -0.25) is 9.59 Å². The van der Waals surface area contributed by atoms with Crippen molar-refractivity contribution in [3.05, 3.63) is 89.5 Å². The van der Waals surface area contributed by atoms with Crippen molar-refractivity contribution in [3.8, 4) is 17.2 Å². The Hall–Kier alpha value is -4.21. The molecule has 0 amide bonds. The van der Waals surface area contributed by atoms with E-state index in [4.69, 9.17) is 48.3 Å². The van der Waals surface area contributed by atoms with Gasteiger partial charge in [0.1, 0.15) is 34.1 Å². The van der Waals surface area contributed by atoms with Crippen LogP contribution >= 0.6 is 0 Å². The maximum atomic E-state index is 13.8. The Morgan fingerprint density at radius 3 is 1.00 bits per heavy atom. The summed E-state index contributed by atoms with van der Waals surface area (Å²) in [5, 5.41) is 0. The molecule has 0 atom stereocenters. The zero-order chi connectivity index (χ0) is 37.2. The number of ether oxygens (including phenoxy) is 4. The van der Waals surface area contributed by atoms with E-state index in [-0.39, 0.29) is 17.2 Å². The molecule has 0 aliphatic heterocycles. The summed E-state index contributed by atoms with van der Waals surface area (Å²) in [4.78, 5) is 70.8. The smallest absolute Gasteiger partial charge is 0.345 e. The fraction of sp³-hybridized carbons (Fsp3) is 0.432. The first-order valence-electron chi connectivity index (χ1n) is 15.7. The van der Waals surface area contributed by atoms with E-state index >= 15 is 0 Å². The first-order chi connectivity index (χ1) is 23.5. The van der Waals surface area contributed by atoms with Gasteiger partial charge in [-0.2, -0.15) is 0 Å². The van der Waals surface area contributed by atoms with Gasteiger partial charge in [-0.15, -0.1) is 0 Å². The molecule has 0 unspecified atom stereocenters. The average molecular weight is 699 g/mol. The van der Waals surface area contributed by atoms with Gasteiger partial charge in [-0.05, 0) is 94.6 Å². The third-order valence-electron chi connectivity index (χ3n) is 7.82. The molecule has 50 heavy (non-hydrogen) atoms. The molecule has 3 aromatic carbocycles. The van der Waals surface area contributed by atoms with Crippen molar-refractivity contribution in [2.24, 2.45) is 0 Å². The number of esters is 3. The molecule has 3 rings (SSSR count). The molecule has 0 heterocycles. The Bertz CT molecular complexity index is 1480. The van der Waals surface area contributed by atoms with E-state index in [9.17, 15) is 14.4 Å². The molecule has 0 fully saturated rings. The van der Waals surface area contributed by atoms with Crippen LogP contribution < -0.4 is 14.2 Å². The van der Waals surface area contributed by atoms with Crippen LogP contribution in [0.4, 0.5) is 0 Å². The monoisotopic (exact) mass is 698 g/mol. The second-order valence-corrected chi connectivity index (χ2v) is 12.7. The van der Waals surface area contributed by atoms with Crippen molar-refractivity contribution < 1.29 is 62.7 Å². The van der Waals surface area contributed by atoms with Gasteiger partial charge in [-0.25, -0.2) is 34.1 Å². The Balaban J connectivity index is 1.85. The van der Waals surface area contributed by atoms with E-state index in [2.05, 4.69) is 0 Å². The number of hydrogen-bond acceptors (Lipinski definition) is 13. The van der Waals surface area contributed by atoms with Crippen molar-refractivity contribution in [3.63, 3.8) is 0 Å². The Morgan fingerprint density at radius 2 is 0.740 bits per heavy atom. The highest BCUT2D eigenvalue weighted by atomic mass is 17.2. The van der Waals surface area contributed by atoms with Crippen LogP contribution in [0.5, 0.6) is 17.2 Å². The minimum absolute atomic E-state index is 0.128. The molecule has 0 aliphatic rings. The van der Waals surface area contributed by atoms with Crippen LogP contribution in [0.2, 0.25) is 0 Å². The molecule has 0 bridgehead atoms. The van der Waals surface area contributed by atoms with Gasteiger partial charge in [0.05, 0.1) is 34.2 Å². The molecule has 0 spiro atoms. The molecular formula is C37H46O13. The zero-order valence-corrected chi connectivity index (χ0v) is 30.1. The molecule has 0 aliphatic carbocycles. The molecule has 3 aromatic rings. The molecule has 13 nitrogen and oxygen atoms in total. The van der Waals surface area contributed by atoms with Gasteiger partial charge >= 0.3 is 17.9 Å². The lowest BCUT2D eigenvalue weighted by molar-refractivity contribution is -0.340. The molecule has 0 saturated heterocycles. The topological polar surface area (TPSA) is 144 Å². The molecular weight excluding hydrogens is 652 g/mol. The lowest BCUT2D eigenvalue weighted by Gasteiger charge is -2.28. The SMILES string of the molecule is COOC(C)(C)c1ccc(OC(=O)CC(CC(=O)Oc2ccc(C(C)(C)OOC)cc2)(OC)C(=O)Oc2ccc(C(C)(C)OOC)cc2)cc1. The van der Waals surface area contributed by atoms with E-state index in [1.54, 1.807) is 74.5 Å². The number of methoxy groups -OCH3 is 1. The number of carbonyl (C=O) groups excluding carboxylic acids is 3. The van der Waals surface area contributed by atoms with Gasteiger partial charge in [0.15, 0.2) is 5.60 Å². The lowest BCUT2D eigenvalue weighted by Crippen LogP contribution is -2.48. The summed E-state index contributed by atoms with van der Waals surface area (Å²) in [5.41, 5.74) is -2.23. The maximum Gasteiger partial charge on any atom is 0.345 e. The summed E-state index contributed by atoms with van der Waals surface area (Å²) in [7, 11) is 5.41. The Labute approximate surface area is 292 Å². The Kier molecular flexibility index (Phi) is 13.8. The van der Waals surface area contributed by atoms with Crippen molar-refractivity contribution in [2.75, 3.05) is 28.4 Å². The van der Waals surface area contributed by atoms with Gasteiger partial charge < -0.3 is 18.9 Å². The number of hydrogen-bond donors (Lipinski definition) is 0. The quantitative estimate of drug-likeness (QED) is 0.0625. The number of benzene rings is 3. The summed E-state index contributed by atoms with van der Waals surface area (Å²) >= 11 is 0. The third-order valence-corrected chi connectivity index (χ3v) is 7.82. The lowest BCUT2D eigenvalue weighted by atomic mass is 9.94. The predicted octanol–water partition coefficient (Wildman–Crippen LogP) is 6.41. The highest BCUT2D eigenvalue weighted by Crippen LogP contribution is 2.32. The summed E-state index contributed by atoms with van der Waals surface area (Å²) in [6.45, 7) is 10.8. The standard InChI is InChI=1S/C37H46O13/c1-34(2,48-42-8)25-11-17-28(18-12-25)45-31(38)23-37(41-7,33(40)47-30-21-15-27(16-22-30)36(5,6)50-44-10)24-32(39)46-29-19-13-26(14-20-29)35(3,4)49-43-9/h11-22H,23-24H2,1-10H3. The van der Waals surface area contributed by atoms with Gasteiger partial charge in [0, 0.05) is 7.11 Å².